The standard InChI is InChI=1S/C20H22FN3O5/c21-15-9-5-4-8-14(15)10-16(18(22)26)23-19(27)17(11-25)24-20(28)29-12-13-6-2-1-3-7-13/h1-9,16-17,25H,10-12H2,(H2,22,26)(H,23,27)(H,24,28)/t16-,17+/m1/s1. The number of halogens is 1. The fraction of sp³-hybridized carbons (Fsp3) is 0.250. The molecule has 5 N–H and O–H groups in total. The maximum absolute atomic E-state index is 13.8. The molecule has 2 rings (SSSR count). The first kappa shape index (κ1) is 21.8. The molecule has 0 saturated carbocycles. The molecule has 0 aromatic heterocycles. The van der Waals surface area contributed by atoms with Crippen molar-refractivity contribution in [3.63, 3.8) is 0 Å². The maximum Gasteiger partial charge on any atom is 0.408 e. The summed E-state index contributed by atoms with van der Waals surface area (Å²) in [5.74, 6) is -2.29. The van der Waals surface area contributed by atoms with Gasteiger partial charge in [0.2, 0.25) is 11.8 Å². The highest BCUT2D eigenvalue weighted by atomic mass is 19.1. The molecule has 0 radical (unpaired) electrons. The van der Waals surface area contributed by atoms with E-state index in [1.54, 1.807) is 30.3 Å². The Morgan fingerprint density at radius 2 is 1.66 bits per heavy atom. The molecular weight excluding hydrogens is 381 g/mol. The zero-order valence-electron chi connectivity index (χ0n) is 15.5. The summed E-state index contributed by atoms with van der Waals surface area (Å²) in [6.45, 7) is -0.763. The number of hydrogen-bond acceptors (Lipinski definition) is 5. The number of carbonyl (C=O) groups excluding carboxylic acids is 3. The van der Waals surface area contributed by atoms with Crippen molar-refractivity contribution >= 4 is 17.9 Å². The molecule has 2 aromatic rings. The molecule has 0 saturated heterocycles. The van der Waals surface area contributed by atoms with Crippen molar-refractivity contribution in [2.45, 2.75) is 25.1 Å². The van der Waals surface area contributed by atoms with Crippen LogP contribution in [0.3, 0.4) is 0 Å². The van der Waals surface area contributed by atoms with Crippen molar-refractivity contribution < 1.29 is 28.6 Å². The number of aliphatic hydroxyl groups excluding tert-OH is 1. The molecule has 2 aromatic carbocycles. The van der Waals surface area contributed by atoms with Crippen LogP contribution in [-0.4, -0.2) is 41.7 Å². The predicted octanol–water partition coefficient (Wildman–Crippen LogP) is 0.626. The molecule has 154 valence electrons. The number of nitrogens with one attached hydrogen (secondary N) is 2. The molecule has 0 aliphatic carbocycles. The minimum absolute atomic E-state index is 0.0242. The molecule has 0 spiro atoms. The topological polar surface area (TPSA) is 131 Å². The van der Waals surface area contributed by atoms with Gasteiger partial charge in [-0.15, -0.1) is 0 Å². The molecule has 9 heteroatoms. The van der Waals surface area contributed by atoms with Gasteiger partial charge >= 0.3 is 6.09 Å². The second kappa shape index (κ2) is 10.8. The van der Waals surface area contributed by atoms with Gasteiger partial charge in [-0.3, -0.25) is 9.59 Å². The highest BCUT2D eigenvalue weighted by Gasteiger charge is 2.26. The summed E-state index contributed by atoms with van der Waals surface area (Å²) >= 11 is 0. The molecule has 0 fully saturated rings. The van der Waals surface area contributed by atoms with Gasteiger partial charge < -0.3 is 26.2 Å². The van der Waals surface area contributed by atoms with Crippen LogP contribution < -0.4 is 16.4 Å². The third-order valence-electron chi connectivity index (χ3n) is 4.05. The summed E-state index contributed by atoms with van der Waals surface area (Å²) < 4.78 is 18.8. The quantitative estimate of drug-likeness (QED) is 0.488. The zero-order chi connectivity index (χ0) is 21.2. The Morgan fingerprint density at radius 1 is 1.00 bits per heavy atom. The van der Waals surface area contributed by atoms with Gasteiger partial charge in [0.15, 0.2) is 0 Å². The van der Waals surface area contributed by atoms with Crippen LogP contribution in [0.25, 0.3) is 0 Å². The molecule has 2 atom stereocenters. The van der Waals surface area contributed by atoms with E-state index in [1.165, 1.54) is 18.2 Å². The summed E-state index contributed by atoms with van der Waals surface area (Å²) in [7, 11) is 0. The highest BCUT2D eigenvalue weighted by molar-refractivity contribution is 5.91. The number of nitrogens with two attached hydrogens (primary N) is 1. The van der Waals surface area contributed by atoms with E-state index < -0.39 is 42.4 Å². The number of rotatable bonds is 9. The maximum atomic E-state index is 13.8. The first-order chi connectivity index (χ1) is 13.9. The molecule has 0 heterocycles. The van der Waals surface area contributed by atoms with Crippen LogP contribution >= 0.6 is 0 Å². The van der Waals surface area contributed by atoms with Gasteiger partial charge in [0.25, 0.3) is 0 Å². The Bertz CT molecular complexity index is 847. The van der Waals surface area contributed by atoms with Gasteiger partial charge in [-0.25, -0.2) is 9.18 Å². The molecule has 0 aliphatic heterocycles. The van der Waals surface area contributed by atoms with E-state index in [2.05, 4.69) is 10.6 Å². The average molecular weight is 403 g/mol. The van der Waals surface area contributed by atoms with Gasteiger partial charge in [0.1, 0.15) is 24.5 Å². The molecule has 3 amide bonds. The minimum atomic E-state index is -1.37. The number of hydrogen-bond donors (Lipinski definition) is 4. The van der Waals surface area contributed by atoms with Crippen LogP contribution in [-0.2, 0) is 27.4 Å². The molecule has 29 heavy (non-hydrogen) atoms. The predicted molar refractivity (Wildman–Crippen MR) is 102 cm³/mol. The average Bonchev–Trinajstić information content (AvgIpc) is 2.72. The summed E-state index contributed by atoms with van der Waals surface area (Å²) in [5, 5.41) is 13.9. The Labute approximate surface area is 166 Å². The third-order valence-corrected chi connectivity index (χ3v) is 4.05. The van der Waals surface area contributed by atoms with Gasteiger partial charge in [0.05, 0.1) is 6.61 Å². The van der Waals surface area contributed by atoms with E-state index >= 15 is 0 Å². The molecule has 0 bridgehead atoms. The number of ether oxygens (including phenoxy) is 1. The molecule has 0 aliphatic rings. The first-order valence-electron chi connectivity index (χ1n) is 8.82. The summed E-state index contributed by atoms with van der Waals surface area (Å²) in [4.78, 5) is 35.9. The summed E-state index contributed by atoms with van der Waals surface area (Å²) in [5.41, 5.74) is 6.22. The van der Waals surface area contributed by atoms with Crippen molar-refractivity contribution in [3.8, 4) is 0 Å². The lowest BCUT2D eigenvalue weighted by atomic mass is 10.0. The molecule has 0 unspecified atom stereocenters. The van der Waals surface area contributed by atoms with Gasteiger partial charge in [0, 0.05) is 6.42 Å². The van der Waals surface area contributed by atoms with Crippen LogP contribution in [0.15, 0.2) is 54.6 Å². The fourth-order valence-corrected chi connectivity index (χ4v) is 2.48. The third kappa shape index (κ3) is 6.89. The van der Waals surface area contributed by atoms with E-state index in [1.807, 2.05) is 6.07 Å². The summed E-state index contributed by atoms with van der Waals surface area (Å²) in [6, 6.07) is 12.0. The van der Waals surface area contributed by atoms with Gasteiger partial charge in [-0.1, -0.05) is 48.5 Å². The van der Waals surface area contributed by atoms with E-state index in [0.717, 1.165) is 5.56 Å². The van der Waals surface area contributed by atoms with Crippen LogP contribution in [0.2, 0.25) is 0 Å². The van der Waals surface area contributed by atoms with Crippen molar-refractivity contribution in [2.75, 3.05) is 6.61 Å². The monoisotopic (exact) mass is 403 g/mol. The lowest BCUT2D eigenvalue weighted by Gasteiger charge is -2.20. The number of amides is 3. The zero-order valence-corrected chi connectivity index (χ0v) is 15.5. The lowest BCUT2D eigenvalue weighted by molar-refractivity contribution is -0.129. The summed E-state index contributed by atoms with van der Waals surface area (Å²) in [6.07, 6.45) is -1.10. The smallest absolute Gasteiger partial charge is 0.408 e. The van der Waals surface area contributed by atoms with Crippen LogP contribution in [0.4, 0.5) is 9.18 Å². The van der Waals surface area contributed by atoms with Crippen LogP contribution in [0.5, 0.6) is 0 Å². The second-order valence-electron chi connectivity index (χ2n) is 6.20. The Hall–Kier alpha value is -3.46. The van der Waals surface area contributed by atoms with E-state index in [-0.39, 0.29) is 18.6 Å². The lowest BCUT2D eigenvalue weighted by Crippen LogP contribution is -2.55. The SMILES string of the molecule is NC(=O)[C@@H](Cc1ccccc1F)NC(=O)[C@H](CO)NC(=O)OCc1ccccc1. The Kier molecular flexibility index (Phi) is 8.11. The van der Waals surface area contributed by atoms with Gasteiger partial charge in [-0.05, 0) is 17.2 Å². The number of carbonyl (C=O) groups is 3. The second-order valence-corrected chi connectivity index (χ2v) is 6.20. The fourth-order valence-electron chi connectivity index (χ4n) is 2.48. The highest BCUT2D eigenvalue weighted by Crippen LogP contribution is 2.09. The number of aliphatic hydroxyl groups is 1. The van der Waals surface area contributed by atoms with Crippen LogP contribution in [0, 0.1) is 5.82 Å². The Balaban J connectivity index is 1.93. The van der Waals surface area contributed by atoms with E-state index in [0.29, 0.717) is 0 Å². The van der Waals surface area contributed by atoms with Crippen molar-refractivity contribution in [2.24, 2.45) is 5.73 Å². The Morgan fingerprint density at radius 3 is 2.28 bits per heavy atom. The van der Waals surface area contributed by atoms with Crippen LogP contribution in [0.1, 0.15) is 11.1 Å². The normalized spacial score (nSPS) is 12.5. The largest absolute Gasteiger partial charge is 0.445 e. The van der Waals surface area contributed by atoms with E-state index in [9.17, 15) is 23.9 Å². The molecule has 8 nitrogen and oxygen atoms in total. The number of alkyl carbamates (subject to hydrolysis) is 1. The molecular formula is C20H22FN3O5. The minimum Gasteiger partial charge on any atom is -0.445 e. The number of primary amides is 1. The number of benzene rings is 2. The van der Waals surface area contributed by atoms with Crippen molar-refractivity contribution in [1.29, 1.82) is 0 Å². The van der Waals surface area contributed by atoms with E-state index in [4.69, 9.17) is 10.5 Å². The first-order valence-corrected chi connectivity index (χ1v) is 8.82. The van der Waals surface area contributed by atoms with Crippen molar-refractivity contribution in [3.05, 3.63) is 71.5 Å². The van der Waals surface area contributed by atoms with Gasteiger partial charge in [-0.2, -0.15) is 0 Å². The van der Waals surface area contributed by atoms with Crippen molar-refractivity contribution in [1.82, 2.24) is 10.6 Å².